The summed E-state index contributed by atoms with van der Waals surface area (Å²) in [4.78, 5) is 18.1. The molecule has 31 heavy (non-hydrogen) atoms. The van der Waals surface area contributed by atoms with Crippen molar-refractivity contribution in [3.63, 3.8) is 0 Å². The number of rotatable bonds is 6. The topological polar surface area (TPSA) is 51.2 Å². The average Bonchev–Trinajstić information content (AvgIpc) is 3.28. The molecular weight excluding hydrogens is 536 g/mol. The van der Waals surface area contributed by atoms with Crippen molar-refractivity contribution in [1.82, 2.24) is 4.98 Å². The normalized spacial score (nSPS) is 10.5. The van der Waals surface area contributed by atoms with Crippen LogP contribution >= 0.6 is 63.9 Å². The van der Waals surface area contributed by atoms with Crippen molar-refractivity contribution in [3.05, 3.63) is 74.3 Å². The van der Waals surface area contributed by atoms with Crippen LogP contribution in [0.3, 0.4) is 0 Å². The van der Waals surface area contributed by atoms with Crippen LogP contribution in [0.5, 0.6) is 11.5 Å². The van der Waals surface area contributed by atoms with Crippen LogP contribution in [0.1, 0.15) is 20.1 Å². The smallest absolute Gasteiger partial charge is 0.226 e. The average molecular weight is 554 g/mol. The number of thiophene rings is 1. The molecule has 2 aromatic carbocycles. The third-order valence-electron chi connectivity index (χ3n) is 4.43. The van der Waals surface area contributed by atoms with E-state index in [-0.39, 0.29) is 22.1 Å². The van der Waals surface area contributed by atoms with Gasteiger partial charge in [-0.2, -0.15) is 0 Å². The molecule has 1 N–H and O–H groups in total. The van der Waals surface area contributed by atoms with Gasteiger partial charge in [-0.05, 0) is 67.9 Å². The number of carbonyl (C=O) groups excluding carboxylic acids is 1. The number of benzene rings is 2. The quantitative estimate of drug-likeness (QED) is 0.236. The predicted molar refractivity (Wildman–Crippen MR) is 140 cm³/mol. The SMILES string of the molecule is Br.Cc1sc(C(=O)S)c(C)c1-c1csc(Nc2ccc(Oc3ccc(Cl)cc3)cc2)n1. The zero-order chi connectivity index (χ0) is 21.3. The molecule has 0 fully saturated rings. The van der Waals surface area contributed by atoms with Gasteiger partial charge in [0.1, 0.15) is 11.5 Å². The molecule has 0 saturated heterocycles. The first-order valence-corrected chi connectivity index (χ1v) is 11.5. The van der Waals surface area contributed by atoms with E-state index < -0.39 is 0 Å². The Morgan fingerprint density at radius 1 is 1.06 bits per heavy atom. The second kappa shape index (κ2) is 10.2. The maximum absolute atomic E-state index is 11.7. The number of nitrogens with one attached hydrogen (secondary N) is 1. The van der Waals surface area contributed by atoms with Crippen LogP contribution in [0.15, 0.2) is 53.9 Å². The van der Waals surface area contributed by atoms with E-state index in [1.54, 1.807) is 12.1 Å². The summed E-state index contributed by atoms with van der Waals surface area (Å²) in [6.07, 6.45) is 0. The number of hydrogen-bond acceptors (Lipinski definition) is 6. The fourth-order valence-corrected chi connectivity index (χ4v) is 5.21. The summed E-state index contributed by atoms with van der Waals surface area (Å²) in [5, 5.41) is 6.56. The number of ether oxygens (including phenoxy) is 1. The number of halogens is 2. The summed E-state index contributed by atoms with van der Waals surface area (Å²) < 4.78 is 5.82. The first kappa shape index (κ1) is 23.8. The van der Waals surface area contributed by atoms with Gasteiger partial charge in [0.15, 0.2) is 5.13 Å². The molecule has 0 saturated carbocycles. The Balaban J connectivity index is 0.00000272. The first-order chi connectivity index (χ1) is 14.4. The van der Waals surface area contributed by atoms with Gasteiger partial charge in [-0.3, -0.25) is 4.79 Å². The number of aryl methyl sites for hydroxylation is 1. The Morgan fingerprint density at radius 2 is 1.68 bits per heavy atom. The molecule has 0 amide bonds. The highest BCUT2D eigenvalue weighted by molar-refractivity contribution is 8.93. The lowest BCUT2D eigenvalue weighted by Gasteiger charge is -2.07. The summed E-state index contributed by atoms with van der Waals surface area (Å²) in [5.74, 6) is 1.46. The van der Waals surface area contributed by atoms with Gasteiger partial charge in [0.05, 0.1) is 10.6 Å². The van der Waals surface area contributed by atoms with Crippen LogP contribution in [0, 0.1) is 13.8 Å². The number of hydrogen-bond donors (Lipinski definition) is 2. The van der Waals surface area contributed by atoms with Crippen molar-refractivity contribution in [1.29, 1.82) is 0 Å². The lowest BCUT2D eigenvalue weighted by atomic mass is 10.1. The van der Waals surface area contributed by atoms with Crippen LogP contribution in [-0.4, -0.2) is 10.1 Å². The highest BCUT2D eigenvalue weighted by atomic mass is 79.9. The molecule has 4 nitrogen and oxygen atoms in total. The first-order valence-electron chi connectivity index (χ1n) is 9.00. The van der Waals surface area contributed by atoms with Crippen LogP contribution in [0.4, 0.5) is 10.8 Å². The van der Waals surface area contributed by atoms with Gasteiger partial charge >= 0.3 is 0 Å². The summed E-state index contributed by atoms with van der Waals surface area (Å²) in [7, 11) is 0. The third kappa shape index (κ3) is 5.51. The summed E-state index contributed by atoms with van der Waals surface area (Å²) in [6, 6.07) is 14.9. The largest absolute Gasteiger partial charge is 0.457 e. The number of carbonyl (C=O) groups is 1. The van der Waals surface area contributed by atoms with Gasteiger partial charge in [0, 0.05) is 26.5 Å². The van der Waals surface area contributed by atoms with Gasteiger partial charge in [-0.1, -0.05) is 24.2 Å². The summed E-state index contributed by atoms with van der Waals surface area (Å²) >= 11 is 12.8. The molecular formula is C22H18BrClN2O2S3. The molecule has 4 rings (SSSR count). The Bertz CT molecular complexity index is 1200. The number of aromatic nitrogens is 1. The maximum atomic E-state index is 11.7. The second-order valence-electron chi connectivity index (χ2n) is 6.54. The molecule has 0 aliphatic heterocycles. The predicted octanol–water partition coefficient (Wildman–Crippen LogP) is 8.33. The zero-order valence-corrected chi connectivity index (χ0v) is 21.5. The Morgan fingerprint density at radius 3 is 2.26 bits per heavy atom. The minimum atomic E-state index is -0.207. The maximum Gasteiger partial charge on any atom is 0.226 e. The van der Waals surface area contributed by atoms with E-state index in [4.69, 9.17) is 21.3 Å². The molecule has 0 spiro atoms. The molecule has 0 radical (unpaired) electrons. The van der Waals surface area contributed by atoms with Crippen molar-refractivity contribution >= 4 is 79.8 Å². The molecule has 4 aromatic rings. The summed E-state index contributed by atoms with van der Waals surface area (Å²) in [5.41, 5.74) is 3.70. The van der Waals surface area contributed by atoms with E-state index >= 15 is 0 Å². The van der Waals surface area contributed by atoms with Gasteiger partial charge in [0.2, 0.25) is 5.12 Å². The number of nitrogens with zero attached hydrogens (tertiary/aromatic N) is 1. The van der Waals surface area contributed by atoms with E-state index in [2.05, 4.69) is 17.9 Å². The van der Waals surface area contributed by atoms with Crippen molar-refractivity contribution in [2.75, 3.05) is 5.32 Å². The monoisotopic (exact) mass is 552 g/mol. The van der Waals surface area contributed by atoms with Crippen LogP contribution in [0.25, 0.3) is 11.3 Å². The lowest BCUT2D eigenvalue weighted by Crippen LogP contribution is -1.91. The fourth-order valence-electron chi connectivity index (χ4n) is 3.05. The summed E-state index contributed by atoms with van der Waals surface area (Å²) in [6.45, 7) is 3.94. The molecule has 0 aliphatic rings. The lowest BCUT2D eigenvalue weighted by molar-refractivity contribution is 0.109. The van der Waals surface area contributed by atoms with E-state index in [0.29, 0.717) is 9.90 Å². The number of thiazole rings is 1. The Kier molecular flexibility index (Phi) is 7.82. The van der Waals surface area contributed by atoms with Crippen molar-refractivity contribution < 1.29 is 9.53 Å². The number of thiol groups is 1. The highest BCUT2D eigenvalue weighted by Gasteiger charge is 2.19. The second-order valence-corrected chi connectivity index (χ2v) is 9.46. The fraction of sp³-hybridized carbons (Fsp3) is 0.0909. The molecule has 160 valence electrons. The minimum Gasteiger partial charge on any atom is -0.457 e. The van der Waals surface area contributed by atoms with Gasteiger partial charge in [-0.15, -0.1) is 39.7 Å². The van der Waals surface area contributed by atoms with E-state index in [9.17, 15) is 4.79 Å². The van der Waals surface area contributed by atoms with Crippen LogP contribution in [0.2, 0.25) is 5.02 Å². The Hall–Kier alpha value is -1.84. The Labute approximate surface area is 209 Å². The standard InChI is InChI=1S/C22H17ClN2O2S3.BrH/c1-12-19(13(2)30-20(12)21(26)28)18-11-29-22(25-18)24-15-5-9-17(10-6-15)27-16-7-3-14(23)4-8-16;/h3-11H,1-2H3,(H,24,25)(H,26,28);1H. The molecule has 2 aromatic heterocycles. The molecule has 9 heteroatoms. The number of anilines is 2. The van der Waals surface area contributed by atoms with Crippen molar-refractivity contribution in [2.24, 2.45) is 0 Å². The van der Waals surface area contributed by atoms with Crippen molar-refractivity contribution in [2.45, 2.75) is 13.8 Å². The van der Waals surface area contributed by atoms with Gasteiger partial charge < -0.3 is 10.1 Å². The van der Waals surface area contributed by atoms with Crippen LogP contribution in [-0.2, 0) is 0 Å². The zero-order valence-electron chi connectivity index (χ0n) is 16.5. The van der Waals surface area contributed by atoms with Gasteiger partial charge in [0.25, 0.3) is 0 Å². The molecule has 0 unspecified atom stereocenters. The minimum absolute atomic E-state index is 0. The molecule has 0 aliphatic carbocycles. The molecule has 0 atom stereocenters. The van der Waals surface area contributed by atoms with E-state index in [1.165, 1.54) is 22.7 Å². The van der Waals surface area contributed by atoms with E-state index in [0.717, 1.165) is 44.0 Å². The molecule has 0 bridgehead atoms. The van der Waals surface area contributed by atoms with E-state index in [1.807, 2.05) is 55.6 Å². The third-order valence-corrected chi connectivity index (χ3v) is 7.02. The van der Waals surface area contributed by atoms with Crippen LogP contribution < -0.4 is 10.1 Å². The molecule has 2 heterocycles. The highest BCUT2D eigenvalue weighted by Crippen LogP contribution is 2.38. The van der Waals surface area contributed by atoms with Gasteiger partial charge in [-0.25, -0.2) is 4.98 Å². The van der Waals surface area contributed by atoms with Crippen molar-refractivity contribution in [3.8, 4) is 22.8 Å².